The van der Waals surface area contributed by atoms with E-state index in [1.807, 2.05) is 0 Å². The van der Waals surface area contributed by atoms with Crippen molar-refractivity contribution in [1.82, 2.24) is 5.32 Å². The minimum atomic E-state index is -3.46. The van der Waals surface area contributed by atoms with E-state index in [1.165, 1.54) is 0 Å². The molecule has 1 N–H and O–H groups in total. The molecule has 2 atom stereocenters. The van der Waals surface area contributed by atoms with Crippen LogP contribution < -0.4 is 5.32 Å². The maximum absolute atomic E-state index is 11.5. The quantitative estimate of drug-likeness (QED) is 0.571. The maximum Gasteiger partial charge on any atom is 0.323 e. The molecule has 0 spiro atoms. The van der Waals surface area contributed by atoms with E-state index >= 15 is 0 Å². The molecular weight excluding hydrogens is 238 g/mol. The highest BCUT2D eigenvalue weighted by atomic mass is 32.2. The number of ether oxygens (including phenoxy) is 2. The Bertz CT molecular complexity index is 359. The number of sulfone groups is 1. The second kappa shape index (κ2) is 4.79. The van der Waals surface area contributed by atoms with Crippen LogP contribution in [-0.4, -0.2) is 58.2 Å². The third-order valence-corrected chi connectivity index (χ3v) is 3.90. The van der Waals surface area contributed by atoms with Gasteiger partial charge < -0.3 is 9.47 Å². The molecule has 1 heterocycles. The number of methoxy groups -OCH3 is 2. The summed E-state index contributed by atoms with van der Waals surface area (Å²) in [5, 5.41) is 2.58. The Kier molecular flexibility index (Phi) is 3.87. The maximum atomic E-state index is 11.5. The smallest absolute Gasteiger partial charge is 0.323 e. The fourth-order valence-electron chi connectivity index (χ4n) is 1.47. The number of esters is 2. The molecule has 0 aliphatic carbocycles. The van der Waals surface area contributed by atoms with Crippen LogP contribution >= 0.6 is 0 Å². The number of hydrogen-bond acceptors (Lipinski definition) is 7. The van der Waals surface area contributed by atoms with Crippen molar-refractivity contribution in [3.05, 3.63) is 0 Å². The van der Waals surface area contributed by atoms with Crippen LogP contribution in [0.25, 0.3) is 0 Å². The summed E-state index contributed by atoms with van der Waals surface area (Å²) in [4.78, 5) is 22.4. The number of nitrogens with one attached hydrogen (secondary N) is 1. The van der Waals surface area contributed by atoms with Gasteiger partial charge in [0.25, 0.3) is 0 Å². The molecule has 0 saturated carbocycles. The predicted molar refractivity (Wildman–Crippen MR) is 53.4 cm³/mol. The average Bonchev–Trinajstić information content (AvgIpc) is 2.24. The topological polar surface area (TPSA) is 98.8 Å². The number of hydrogen-bond donors (Lipinski definition) is 1. The molecule has 1 fully saturated rings. The fourth-order valence-corrected chi connectivity index (χ4v) is 3.09. The van der Waals surface area contributed by atoms with Crippen molar-refractivity contribution >= 4 is 21.8 Å². The Labute approximate surface area is 93.0 Å². The van der Waals surface area contributed by atoms with Gasteiger partial charge in [0.05, 0.1) is 25.7 Å². The molecule has 0 unspecified atom stereocenters. The highest BCUT2D eigenvalue weighted by Crippen LogP contribution is 2.09. The van der Waals surface area contributed by atoms with Gasteiger partial charge in [-0.1, -0.05) is 0 Å². The summed E-state index contributed by atoms with van der Waals surface area (Å²) < 4.78 is 31.8. The molecule has 1 saturated heterocycles. The van der Waals surface area contributed by atoms with Crippen LogP contribution in [0.1, 0.15) is 0 Å². The Morgan fingerprint density at radius 1 is 1.06 bits per heavy atom. The minimum Gasteiger partial charge on any atom is -0.468 e. The Hall–Kier alpha value is -1.15. The third kappa shape index (κ3) is 2.92. The Morgan fingerprint density at radius 2 is 1.44 bits per heavy atom. The van der Waals surface area contributed by atoms with Gasteiger partial charge in [0.2, 0.25) is 0 Å². The van der Waals surface area contributed by atoms with Gasteiger partial charge in [-0.05, 0) is 0 Å². The number of carbonyl (C=O) groups is 2. The first kappa shape index (κ1) is 12.9. The minimum absolute atomic E-state index is 0.368. The zero-order valence-corrected chi connectivity index (χ0v) is 9.74. The van der Waals surface area contributed by atoms with Crippen LogP contribution in [0.5, 0.6) is 0 Å². The highest BCUT2D eigenvalue weighted by Gasteiger charge is 2.39. The van der Waals surface area contributed by atoms with E-state index in [0.29, 0.717) is 0 Å². The fraction of sp³-hybridized carbons (Fsp3) is 0.750. The van der Waals surface area contributed by atoms with Gasteiger partial charge in [-0.25, -0.2) is 8.42 Å². The summed E-state index contributed by atoms with van der Waals surface area (Å²) in [6.07, 6.45) is 0. The summed E-state index contributed by atoms with van der Waals surface area (Å²) in [7, 11) is -1.15. The molecule has 0 aromatic carbocycles. The normalized spacial score (nSPS) is 28.1. The highest BCUT2D eigenvalue weighted by molar-refractivity contribution is 7.91. The van der Waals surface area contributed by atoms with Crippen LogP contribution in [-0.2, 0) is 28.9 Å². The van der Waals surface area contributed by atoms with Gasteiger partial charge >= 0.3 is 11.9 Å². The summed E-state index contributed by atoms with van der Waals surface area (Å²) >= 11 is 0. The van der Waals surface area contributed by atoms with Gasteiger partial charge in [0.1, 0.15) is 12.1 Å². The molecule has 8 heteroatoms. The van der Waals surface area contributed by atoms with Crippen molar-refractivity contribution in [1.29, 1.82) is 0 Å². The van der Waals surface area contributed by atoms with E-state index in [9.17, 15) is 18.0 Å². The summed E-state index contributed by atoms with van der Waals surface area (Å²) in [5.74, 6) is -2.16. The standard InChI is InChI=1S/C8H13NO6S/c1-14-7(10)5-3-16(12,13)4-6(9-5)8(11)15-2/h5-6,9H,3-4H2,1-2H3/t5-,6+. The van der Waals surface area contributed by atoms with Gasteiger partial charge in [0, 0.05) is 0 Å². The second-order valence-electron chi connectivity index (χ2n) is 3.40. The lowest BCUT2D eigenvalue weighted by Gasteiger charge is -2.27. The van der Waals surface area contributed by atoms with Crippen LogP contribution in [0.2, 0.25) is 0 Å². The zero-order valence-electron chi connectivity index (χ0n) is 8.93. The van der Waals surface area contributed by atoms with Crippen molar-refractivity contribution in [3.63, 3.8) is 0 Å². The molecule has 1 aliphatic rings. The molecule has 0 bridgehead atoms. The third-order valence-electron chi connectivity index (χ3n) is 2.21. The van der Waals surface area contributed by atoms with Gasteiger partial charge in [-0.3, -0.25) is 14.9 Å². The summed E-state index contributed by atoms with van der Waals surface area (Å²) in [6.45, 7) is 0. The monoisotopic (exact) mass is 251 g/mol. The van der Waals surface area contributed by atoms with Crippen molar-refractivity contribution in [2.24, 2.45) is 0 Å². The van der Waals surface area contributed by atoms with Crippen molar-refractivity contribution in [2.75, 3.05) is 25.7 Å². The van der Waals surface area contributed by atoms with Crippen molar-refractivity contribution in [3.8, 4) is 0 Å². The molecule has 0 aromatic rings. The SMILES string of the molecule is COC(=O)[C@@H]1CS(=O)(=O)C[C@H](C(=O)OC)N1. The molecule has 0 aromatic heterocycles. The zero-order chi connectivity index (χ0) is 12.3. The van der Waals surface area contributed by atoms with Crippen molar-refractivity contribution in [2.45, 2.75) is 12.1 Å². The molecule has 1 aliphatic heterocycles. The first-order chi connectivity index (χ1) is 7.39. The molecule has 0 amide bonds. The van der Waals surface area contributed by atoms with Gasteiger partial charge in [-0.2, -0.15) is 0 Å². The second-order valence-corrected chi connectivity index (χ2v) is 5.55. The molecule has 7 nitrogen and oxygen atoms in total. The molecule has 0 radical (unpaired) electrons. The van der Waals surface area contributed by atoms with Crippen molar-refractivity contribution < 1.29 is 27.5 Å². The summed E-state index contributed by atoms with van der Waals surface area (Å²) in [5.41, 5.74) is 0. The van der Waals surface area contributed by atoms with Gasteiger partial charge in [-0.15, -0.1) is 0 Å². The molecule has 1 rings (SSSR count). The lowest BCUT2D eigenvalue weighted by molar-refractivity contribution is -0.145. The molecular formula is C8H13NO6S. The van der Waals surface area contributed by atoms with Gasteiger partial charge in [0.15, 0.2) is 9.84 Å². The largest absolute Gasteiger partial charge is 0.468 e. The molecule has 92 valence electrons. The lowest BCUT2D eigenvalue weighted by atomic mass is 10.2. The Morgan fingerprint density at radius 3 is 1.75 bits per heavy atom. The Balaban J connectivity index is 2.85. The van der Waals surface area contributed by atoms with Crippen LogP contribution in [0.15, 0.2) is 0 Å². The summed E-state index contributed by atoms with van der Waals surface area (Å²) in [6, 6.07) is -2.04. The molecule has 16 heavy (non-hydrogen) atoms. The number of carbonyl (C=O) groups excluding carboxylic acids is 2. The van der Waals surface area contributed by atoms with E-state index in [1.54, 1.807) is 0 Å². The van der Waals surface area contributed by atoms with E-state index in [-0.39, 0.29) is 11.5 Å². The predicted octanol–water partition coefficient (Wildman–Crippen LogP) is -1.91. The number of rotatable bonds is 2. The van der Waals surface area contributed by atoms with E-state index in [2.05, 4.69) is 14.8 Å². The van der Waals surface area contributed by atoms with Crippen LogP contribution in [0.3, 0.4) is 0 Å². The first-order valence-electron chi connectivity index (χ1n) is 4.51. The van der Waals surface area contributed by atoms with Crippen LogP contribution in [0.4, 0.5) is 0 Å². The van der Waals surface area contributed by atoms with E-state index in [4.69, 9.17) is 0 Å². The van der Waals surface area contributed by atoms with E-state index in [0.717, 1.165) is 14.2 Å². The average molecular weight is 251 g/mol. The van der Waals surface area contributed by atoms with Crippen LogP contribution in [0, 0.1) is 0 Å². The lowest BCUT2D eigenvalue weighted by Crippen LogP contribution is -2.58. The first-order valence-corrected chi connectivity index (χ1v) is 6.34. The van der Waals surface area contributed by atoms with E-state index < -0.39 is 33.9 Å².